The third kappa shape index (κ3) is 2.58. The van der Waals surface area contributed by atoms with Gasteiger partial charge in [0, 0.05) is 33.4 Å². The molecule has 0 spiro atoms. The Morgan fingerprint density at radius 1 is 1.29 bits per heavy atom. The molecule has 0 radical (unpaired) electrons. The lowest BCUT2D eigenvalue weighted by atomic mass is 10.0. The van der Waals surface area contributed by atoms with Crippen LogP contribution >= 0.6 is 0 Å². The van der Waals surface area contributed by atoms with Gasteiger partial charge >= 0.3 is 0 Å². The van der Waals surface area contributed by atoms with Gasteiger partial charge in [-0.25, -0.2) is 0 Å². The molecule has 0 aromatic heterocycles. The summed E-state index contributed by atoms with van der Waals surface area (Å²) in [4.78, 5) is 15.2. The predicted octanol–water partition coefficient (Wildman–Crippen LogP) is 0.855. The van der Waals surface area contributed by atoms with Crippen LogP contribution in [0.1, 0.15) is 11.6 Å². The van der Waals surface area contributed by atoms with Gasteiger partial charge < -0.3 is 9.80 Å². The van der Waals surface area contributed by atoms with E-state index in [1.807, 2.05) is 21.1 Å². The molecule has 92 valence electrons. The Kier molecular flexibility index (Phi) is 3.33. The Balaban J connectivity index is 2.10. The van der Waals surface area contributed by atoms with Gasteiger partial charge in [-0.3, -0.25) is 10.1 Å². The zero-order valence-corrected chi connectivity index (χ0v) is 10.6. The lowest BCUT2D eigenvalue weighted by Gasteiger charge is -2.31. The zero-order valence-electron chi connectivity index (χ0n) is 10.6. The highest BCUT2D eigenvalue weighted by Gasteiger charge is 2.23. The first-order chi connectivity index (χ1) is 8.08. The van der Waals surface area contributed by atoms with Gasteiger partial charge in [-0.15, -0.1) is 0 Å². The number of rotatable bonds is 2. The quantitative estimate of drug-likeness (QED) is 0.823. The topological polar surface area (TPSA) is 35.6 Å². The third-order valence-electron chi connectivity index (χ3n) is 3.19. The molecule has 0 bridgehead atoms. The van der Waals surface area contributed by atoms with E-state index in [1.165, 1.54) is 11.3 Å². The summed E-state index contributed by atoms with van der Waals surface area (Å²) in [6.07, 6.45) is 0. The van der Waals surface area contributed by atoms with Crippen molar-refractivity contribution in [3.8, 4) is 0 Å². The molecule has 1 N–H and O–H groups in total. The molecular weight excluding hydrogens is 214 g/mol. The van der Waals surface area contributed by atoms with Crippen molar-refractivity contribution < 1.29 is 4.79 Å². The minimum Gasteiger partial charge on any atom is -0.378 e. The maximum Gasteiger partial charge on any atom is 0.236 e. The third-order valence-corrected chi connectivity index (χ3v) is 3.19. The van der Waals surface area contributed by atoms with Crippen molar-refractivity contribution in [1.29, 1.82) is 0 Å². The number of likely N-dealkylation sites (N-methyl/N-ethyl adjacent to an activating group) is 1. The van der Waals surface area contributed by atoms with Gasteiger partial charge in [0.2, 0.25) is 5.91 Å². The number of benzene rings is 1. The van der Waals surface area contributed by atoms with Crippen LogP contribution in [0.2, 0.25) is 0 Å². The normalized spacial score (nSPS) is 20.5. The summed E-state index contributed by atoms with van der Waals surface area (Å²) in [6, 6.07) is 8.70. The Bertz CT molecular complexity index is 400. The highest BCUT2D eigenvalue weighted by molar-refractivity contribution is 5.78. The highest BCUT2D eigenvalue weighted by Crippen LogP contribution is 2.20. The van der Waals surface area contributed by atoms with E-state index in [9.17, 15) is 4.79 Å². The van der Waals surface area contributed by atoms with Gasteiger partial charge in [-0.2, -0.15) is 0 Å². The van der Waals surface area contributed by atoms with Crippen molar-refractivity contribution in [2.45, 2.75) is 6.04 Å². The Morgan fingerprint density at radius 2 is 1.94 bits per heavy atom. The van der Waals surface area contributed by atoms with Crippen molar-refractivity contribution in [3.05, 3.63) is 29.8 Å². The van der Waals surface area contributed by atoms with Crippen LogP contribution in [0.25, 0.3) is 0 Å². The molecule has 1 aromatic rings. The summed E-state index contributed by atoms with van der Waals surface area (Å²) in [5.74, 6) is 0.158. The van der Waals surface area contributed by atoms with Crippen molar-refractivity contribution in [3.63, 3.8) is 0 Å². The first-order valence-electron chi connectivity index (χ1n) is 5.82. The molecule has 1 atom stereocenters. The maximum atomic E-state index is 11.4. The van der Waals surface area contributed by atoms with E-state index in [-0.39, 0.29) is 11.9 Å². The zero-order chi connectivity index (χ0) is 12.4. The number of hydrogen-bond donors (Lipinski definition) is 1. The van der Waals surface area contributed by atoms with E-state index >= 15 is 0 Å². The summed E-state index contributed by atoms with van der Waals surface area (Å²) >= 11 is 0. The SMILES string of the molecule is CN1CC(c2ccc(N(C)C)cc2)NCC1=O. The lowest BCUT2D eigenvalue weighted by Crippen LogP contribution is -2.47. The summed E-state index contributed by atoms with van der Waals surface area (Å²) in [7, 11) is 5.91. The van der Waals surface area contributed by atoms with Gasteiger partial charge in [-0.1, -0.05) is 12.1 Å². The lowest BCUT2D eigenvalue weighted by molar-refractivity contribution is -0.131. The number of hydrogen-bond acceptors (Lipinski definition) is 3. The standard InChI is InChI=1S/C13H19N3O/c1-15(2)11-6-4-10(5-7-11)12-9-16(3)13(17)8-14-12/h4-7,12,14H,8-9H2,1-3H3. The molecular formula is C13H19N3O. The first kappa shape index (κ1) is 11.9. The Labute approximate surface area is 102 Å². The number of amides is 1. The average Bonchev–Trinajstić information content (AvgIpc) is 2.33. The van der Waals surface area contributed by atoms with Gasteiger partial charge in [0.25, 0.3) is 0 Å². The molecule has 17 heavy (non-hydrogen) atoms. The minimum absolute atomic E-state index is 0.158. The molecule has 1 saturated heterocycles. The second kappa shape index (κ2) is 4.75. The average molecular weight is 233 g/mol. The number of nitrogens with one attached hydrogen (secondary N) is 1. The van der Waals surface area contributed by atoms with Crippen LogP contribution in [0.5, 0.6) is 0 Å². The second-order valence-electron chi connectivity index (χ2n) is 4.69. The van der Waals surface area contributed by atoms with Crippen LogP contribution in [0.15, 0.2) is 24.3 Å². The summed E-state index contributed by atoms with van der Waals surface area (Å²) < 4.78 is 0. The molecule has 4 heteroatoms. The Hall–Kier alpha value is -1.55. The van der Waals surface area contributed by atoms with Gasteiger partial charge in [0.15, 0.2) is 0 Å². The summed E-state index contributed by atoms with van der Waals surface area (Å²) in [5.41, 5.74) is 2.42. The van der Waals surface area contributed by atoms with Gasteiger partial charge in [-0.05, 0) is 17.7 Å². The van der Waals surface area contributed by atoms with Crippen LogP contribution in [0.4, 0.5) is 5.69 Å². The molecule has 1 heterocycles. The molecule has 0 saturated carbocycles. The van der Waals surface area contributed by atoms with Crippen LogP contribution in [-0.2, 0) is 4.79 Å². The van der Waals surface area contributed by atoms with E-state index in [0.29, 0.717) is 6.54 Å². The van der Waals surface area contributed by atoms with Crippen LogP contribution in [-0.4, -0.2) is 45.0 Å². The number of piperazine rings is 1. The molecule has 1 amide bonds. The van der Waals surface area contributed by atoms with E-state index in [1.54, 1.807) is 4.90 Å². The highest BCUT2D eigenvalue weighted by atomic mass is 16.2. The molecule has 0 aliphatic carbocycles. The van der Waals surface area contributed by atoms with Gasteiger partial charge in [0.1, 0.15) is 0 Å². The molecule has 1 aromatic carbocycles. The predicted molar refractivity (Wildman–Crippen MR) is 69.1 cm³/mol. The van der Waals surface area contributed by atoms with Crippen LogP contribution in [0.3, 0.4) is 0 Å². The largest absolute Gasteiger partial charge is 0.378 e. The first-order valence-corrected chi connectivity index (χ1v) is 5.82. The van der Waals surface area contributed by atoms with Crippen molar-refractivity contribution in [1.82, 2.24) is 10.2 Å². The van der Waals surface area contributed by atoms with Crippen LogP contribution < -0.4 is 10.2 Å². The molecule has 1 aliphatic rings. The van der Waals surface area contributed by atoms with Crippen molar-refractivity contribution >= 4 is 11.6 Å². The van der Waals surface area contributed by atoms with Gasteiger partial charge in [0.05, 0.1) is 12.6 Å². The minimum atomic E-state index is 0.158. The van der Waals surface area contributed by atoms with Crippen LogP contribution in [0, 0.1) is 0 Å². The summed E-state index contributed by atoms with van der Waals surface area (Å²) in [6.45, 7) is 1.16. The van der Waals surface area contributed by atoms with E-state index in [0.717, 1.165) is 6.54 Å². The van der Waals surface area contributed by atoms with E-state index in [2.05, 4.69) is 34.5 Å². The maximum absolute atomic E-state index is 11.4. The number of carbonyl (C=O) groups is 1. The fourth-order valence-corrected chi connectivity index (χ4v) is 2.01. The fourth-order valence-electron chi connectivity index (χ4n) is 2.01. The summed E-state index contributed by atoms with van der Waals surface area (Å²) in [5, 5.41) is 3.26. The molecule has 2 rings (SSSR count). The smallest absolute Gasteiger partial charge is 0.236 e. The molecule has 4 nitrogen and oxygen atoms in total. The monoisotopic (exact) mass is 233 g/mol. The Morgan fingerprint density at radius 3 is 2.47 bits per heavy atom. The number of anilines is 1. The van der Waals surface area contributed by atoms with E-state index in [4.69, 9.17) is 0 Å². The van der Waals surface area contributed by atoms with E-state index < -0.39 is 0 Å². The molecule has 1 unspecified atom stereocenters. The molecule has 1 fully saturated rings. The number of nitrogens with zero attached hydrogens (tertiary/aromatic N) is 2. The molecule has 1 aliphatic heterocycles. The fraction of sp³-hybridized carbons (Fsp3) is 0.462. The number of carbonyl (C=O) groups excluding carboxylic acids is 1. The van der Waals surface area contributed by atoms with Crippen molar-refractivity contribution in [2.75, 3.05) is 39.1 Å². The second-order valence-corrected chi connectivity index (χ2v) is 4.69. The van der Waals surface area contributed by atoms with Crippen molar-refractivity contribution in [2.24, 2.45) is 0 Å².